The van der Waals surface area contributed by atoms with Crippen molar-refractivity contribution in [3.8, 4) is 5.75 Å². The summed E-state index contributed by atoms with van der Waals surface area (Å²) in [5, 5.41) is 0. The van der Waals surface area contributed by atoms with Gasteiger partial charge in [0.2, 0.25) is 10.0 Å². The number of anilines is 1. The van der Waals surface area contributed by atoms with Crippen molar-refractivity contribution in [3.05, 3.63) is 41.7 Å². The Morgan fingerprint density at radius 2 is 1.67 bits per heavy atom. The van der Waals surface area contributed by atoms with Gasteiger partial charge in [-0.15, -0.1) is 0 Å². The van der Waals surface area contributed by atoms with Crippen LogP contribution in [0.25, 0.3) is 0 Å². The number of ether oxygens (including phenoxy) is 1. The lowest BCUT2D eigenvalue weighted by molar-refractivity contribution is 0.0687. The predicted molar refractivity (Wildman–Crippen MR) is 128 cm³/mol. The van der Waals surface area contributed by atoms with Gasteiger partial charge in [-0.1, -0.05) is 19.1 Å². The molecular formula is C24H34N4O4S. The van der Waals surface area contributed by atoms with E-state index in [0.717, 1.165) is 37.4 Å². The highest BCUT2D eigenvalue weighted by Gasteiger charge is 2.34. The van der Waals surface area contributed by atoms with E-state index in [1.54, 1.807) is 31.7 Å². The summed E-state index contributed by atoms with van der Waals surface area (Å²) in [5.41, 5.74) is 2.00. The summed E-state index contributed by atoms with van der Waals surface area (Å²) in [4.78, 5) is 17.4. The highest BCUT2D eigenvalue weighted by molar-refractivity contribution is 7.89. The molecular weight excluding hydrogens is 440 g/mol. The fourth-order valence-electron chi connectivity index (χ4n) is 4.71. The molecule has 2 aliphatic rings. The molecule has 2 aromatic rings. The van der Waals surface area contributed by atoms with Crippen LogP contribution >= 0.6 is 0 Å². The number of rotatable bonds is 5. The topological polar surface area (TPSA) is 75.1 Å². The molecule has 0 N–H and O–H groups in total. The number of methoxy groups -OCH3 is 1. The molecule has 0 aliphatic carbocycles. The number of aromatic nitrogens is 1. The van der Waals surface area contributed by atoms with Crippen LogP contribution in [0.4, 0.5) is 5.69 Å². The monoisotopic (exact) mass is 474 g/mol. The van der Waals surface area contributed by atoms with Crippen molar-refractivity contribution in [3.63, 3.8) is 0 Å². The molecule has 0 unspecified atom stereocenters. The van der Waals surface area contributed by atoms with Crippen LogP contribution in [0.15, 0.2) is 35.2 Å². The number of piperazine rings is 1. The fraction of sp³-hybridized carbons (Fsp3) is 0.542. The van der Waals surface area contributed by atoms with Crippen LogP contribution < -0.4 is 9.64 Å². The number of nitrogens with zero attached hydrogens (tertiary/aromatic N) is 4. The van der Waals surface area contributed by atoms with Crippen LogP contribution in [0.2, 0.25) is 0 Å². The Hall–Kier alpha value is -2.52. The van der Waals surface area contributed by atoms with Gasteiger partial charge in [0.15, 0.2) is 0 Å². The van der Waals surface area contributed by atoms with E-state index in [4.69, 9.17) is 4.74 Å². The number of hydrogen-bond donors (Lipinski definition) is 0. The number of amides is 1. The average Bonchev–Trinajstić information content (AvgIpc) is 3.14. The molecule has 0 saturated carbocycles. The zero-order chi connectivity index (χ0) is 23.8. The second-order valence-electron chi connectivity index (χ2n) is 9.08. The lowest BCUT2D eigenvalue weighted by Gasteiger charge is -2.35. The highest BCUT2D eigenvalue weighted by Crippen LogP contribution is 2.30. The number of sulfonamides is 1. The predicted octanol–water partition coefficient (Wildman–Crippen LogP) is 2.73. The molecule has 9 heteroatoms. The van der Waals surface area contributed by atoms with Gasteiger partial charge in [-0.25, -0.2) is 8.42 Å². The molecule has 0 radical (unpaired) electrons. The minimum atomic E-state index is -3.70. The Kier molecular flexibility index (Phi) is 6.72. The van der Waals surface area contributed by atoms with Gasteiger partial charge in [0.25, 0.3) is 5.91 Å². The molecule has 0 spiro atoms. The lowest BCUT2D eigenvalue weighted by atomic mass is 9.99. The first-order valence-corrected chi connectivity index (χ1v) is 13.0. The molecule has 33 heavy (non-hydrogen) atoms. The summed E-state index contributed by atoms with van der Waals surface area (Å²) >= 11 is 0. The smallest absolute Gasteiger partial charge is 0.270 e. The molecule has 1 aromatic heterocycles. The van der Waals surface area contributed by atoms with Crippen molar-refractivity contribution in [1.29, 1.82) is 0 Å². The van der Waals surface area contributed by atoms with Gasteiger partial charge in [0.05, 0.1) is 12.8 Å². The third kappa shape index (κ3) is 4.48. The molecule has 180 valence electrons. The van der Waals surface area contributed by atoms with Crippen molar-refractivity contribution in [2.75, 3.05) is 51.3 Å². The van der Waals surface area contributed by atoms with Crippen molar-refractivity contribution in [2.45, 2.75) is 31.6 Å². The van der Waals surface area contributed by atoms with Crippen molar-refractivity contribution >= 4 is 21.6 Å². The van der Waals surface area contributed by atoms with Crippen LogP contribution in [0.5, 0.6) is 5.75 Å². The van der Waals surface area contributed by atoms with E-state index in [-0.39, 0.29) is 10.8 Å². The largest absolute Gasteiger partial charge is 0.495 e. The lowest BCUT2D eigenvalue weighted by Crippen LogP contribution is -2.48. The third-order valence-corrected chi connectivity index (χ3v) is 9.08. The number of benzene rings is 1. The summed E-state index contributed by atoms with van der Waals surface area (Å²) in [7, 11) is -0.293. The second kappa shape index (κ2) is 9.38. The summed E-state index contributed by atoms with van der Waals surface area (Å²) in [6.45, 7) is 7.31. The molecule has 2 saturated heterocycles. The van der Waals surface area contributed by atoms with Gasteiger partial charge >= 0.3 is 0 Å². The zero-order valence-electron chi connectivity index (χ0n) is 20.0. The molecule has 0 atom stereocenters. The van der Waals surface area contributed by atoms with Crippen LogP contribution in [0.3, 0.4) is 0 Å². The molecule has 1 amide bonds. The van der Waals surface area contributed by atoms with E-state index in [9.17, 15) is 13.2 Å². The normalized spacial score (nSPS) is 18.5. The Bertz CT molecular complexity index is 1110. The third-order valence-electron chi connectivity index (χ3n) is 7.06. The van der Waals surface area contributed by atoms with Crippen molar-refractivity contribution < 1.29 is 17.9 Å². The van der Waals surface area contributed by atoms with Gasteiger partial charge in [-0.05, 0) is 43.9 Å². The molecule has 3 heterocycles. The van der Waals surface area contributed by atoms with Gasteiger partial charge in [-0.3, -0.25) is 4.79 Å². The average molecular weight is 475 g/mol. The Balaban J connectivity index is 1.51. The summed E-state index contributed by atoms with van der Waals surface area (Å²) in [6, 6.07) is 9.34. The summed E-state index contributed by atoms with van der Waals surface area (Å²) in [6.07, 6.45) is 1.97. The number of hydrogen-bond acceptors (Lipinski definition) is 5. The SMILES string of the molecule is COc1ccccc1N1CCN(S(=O)(=O)c2cc(C(=O)N3CCC(C)CC3)n(C)c2C)CC1. The van der Waals surface area contributed by atoms with E-state index in [1.165, 1.54) is 4.31 Å². The number of carbonyl (C=O) groups excluding carboxylic acids is 1. The maximum atomic E-state index is 13.5. The zero-order valence-corrected chi connectivity index (χ0v) is 20.8. The fourth-order valence-corrected chi connectivity index (χ4v) is 6.40. The van der Waals surface area contributed by atoms with E-state index >= 15 is 0 Å². The highest BCUT2D eigenvalue weighted by atomic mass is 32.2. The van der Waals surface area contributed by atoms with Gasteiger partial charge < -0.3 is 19.1 Å². The van der Waals surface area contributed by atoms with Crippen LogP contribution in [-0.4, -0.2) is 74.5 Å². The molecule has 2 fully saturated rings. The molecule has 2 aliphatic heterocycles. The number of piperidine rings is 1. The quantitative estimate of drug-likeness (QED) is 0.666. The van der Waals surface area contributed by atoms with Crippen molar-refractivity contribution in [2.24, 2.45) is 13.0 Å². The first-order chi connectivity index (χ1) is 15.7. The standard InChI is InChI=1S/C24H34N4O4S/c1-18-9-11-27(12-10-18)24(29)21-17-23(19(2)25(21)3)33(30,31)28-15-13-26(14-16-28)20-7-5-6-8-22(20)32-4/h5-8,17-18H,9-16H2,1-4H3. The molecule has 1 aromatic carbocycles. The second-order valence-corrected chi connectivity index (χ2v) is 11.0. The molecule has 0 bridgehead atoms. The maximum absolute atomic E-state index is 13.5. The van der Waals surface area contributed by atoms with Gasteiger partial charge in [-0.2, -0.15) is 4.31 Å². The van der Waals surface area contributed by atoms with Crippen LogP contribution in [-0.2, 0) is 17.1 Å². The first-order valence-electron chi connectivity index (χ1n) is 11.6. The Morgan fingerprint density at radius 3 is 2.30 bits per heavy atom. The Morgan fingerprint density at radius 1 is 1.03 bits per heavy atom. The maximum Gasteiger partial charge on any atom is 0.270 e. The van der Waals surface area contributed by atoms with Gasteiger partial charge in [0.1, 0.15) is 16.3 Å². The van der Waals surface area contributed by atoms with Gasteiger partial charge in [0, 0.05) is 52.0 Å². The first kappa shape index (κ1) is 23.6. The van der Waals surface area contributed by atoms with Crippen LogP contribution in [0.1, 0.15) is 35.9 Å². The molecule has 4 rings (SSSR count). The van der Waals surface area contributed by atoms with Crippen molar-refractivity contribution in [1.82, 2.24) is 13.8 Å². The number of likely N-dealkylation sites (tertiary alicyclic amines) is 1. The Labute approximate surface area is 196 Å². The van der Waals surface area contributed by atoms with E-state index in [1.807, 2.05) is 29.2 Å². The number of para-hydroxylation sites is 2. The minimum absolute atomic E-state index is 0.0880. The van der Waals surface area contributed by atoms with Crippen LogP contribution in [0, 0.1) is 12.8 Å². The summed E-state index contributed by atoms with van der Waals surface area (Å²) in [5.74, 6) is 1.31. The van der Waals surface area contributed by atoms with E-state index in [2.05, 4.69) is 11.8 Å². The summed E-state index contributed by atoms with van der Waals surface area (Å²) < 4.78 is 35.8. The number of carbonyl (C=O) groups is 1. The van der Waals surface area contributed by atoms with E-state index < -0.39 is 10.0 Å². The minimum Gasteiger partial charge on any atom is -0.495 e. The van der Waals surface area contributed by atoms with E-state index in [0.29, 0.717) is 43.5 Å². The molecule has 8 nitrogen and oxygen atoms in total.